The molecule has 0 fully saturated rings. The first-order chi connectivity index (χ1) is 17.9. The normalized spacial score (nSPS) is 10.2. The third kappa shape index (κ3) is 6.77. The highest BCUT2D eigenvalue weighted by Gasteiger charge is 2.12. The topological polar surface area (TPSA) is 93.9 Å². The van der Waals surface area contributed by atoms with Gasteiger partial charge in [-0.15, -0.1) is 0 Å². The van der Waals surface area contributed by atoms with Crippen LogP contribution in [0.15, 0.2) is 109 Å². The first kappa shape index (κ1) is 25.1. The maximum atomic E-state index is 13.4. The summed E-state index contributed by atoms with van der Waals surface area (Å²) in [7, 11) is 0. The van der Waals surface area contributed by atoms with Crippen LogP contribution in [0.2, 0.25) is 0 Å². The fourth-order valence-electron chi connectivity index (χ4n) is 3.43. The highest BCUT2D eigenvalue weighted by Crippen LogP contribution is 2.32. The highest BCUT2D eigenvalue weighted by molar-refractivity contribution is 5.88. The predicted octanol–water partition coefficient (Wildman–Crippen LogP) is 8.10. The zero-order valence-electron chi connectivity index (χ0n) is 19.2. The van der Waals surface area contributed by atoms with Crippen molar-refractivity contribution >= 4 is 22.1 Å². The van der Waals surface area contributed by atoms with Crippen molar-refractivity contribution in [2.24, 2.45) is 0 Å². The van der Waals surface area contributed by atoms with Crippen LogP contribution in [0.25, 0.3) is 10.8 Å². The molecule has 0 spiro atoms. The second-order valence-corrected chi connectivity index (χ2v) is 7.68. The van der Waals surface area contributed by atoms with Crippen molar-refractivity contribution in [3.05, 3.63) is 131 Å². The molecule has 0 radical (unpaired) electrons. The molecule has 0 aliphatic carbocycles. The van der Waals surface area contributed by atoms with Crippen LogP contribution in [-0.4, -0.2) is 10.1 Å². The van der Waals surface area contributed by atoms with Gasteiger partial charge in [0.2, 0.25) is 0 Å². The van der Waals surface area contributed by atoms with Gasteiger partial charge in [-0.3, -0.25) is 20.8 Å². The van der Waals surface area contributed by atoms with Gasteiger partial charge in [-0.1, -0.05) is 54.6 Å². The number of nitro benzene ring substituents is 1. The third-order valence-corrected chi connectivity index (χ3v) is 5.02. The summed E-state index contributed by atoms with van der Waals surface area (Å²) in [5, 5.41) is 21.3. The van der Waals surface area contributed by atoms with Crippen LogP contribution in [0.3, 0.4) is 0 Å². The molecule has 0 heterocycles. The third-order valence-electron chi connectivity index (χ3n) is 5.02. The van der Waals surface area contributed by atoms with Gasteiger partial charge in [0.15, 0.2) is 0 Å². The first-order valence-corrected chi connectivity index (χ1v) is 11.0. The van der Waals surface area contributed by atoms with Crippen LogP contribution >= 0.6 is 0 Å². The predicted molar refractivity (Wildman–Crippen MR) is 135 cm³/mol. The van der Waals surface area contributed by atoms with Gasteiger partial charge < -0.3 is 9.47 Å². The Kier molecular flexibility index (Phi) is 7.87. The second kappa shape index (κ2) is 11.6. The van der Waals surface area contributed by atoms with Gasteiger partial charge in [0, 0.05) is 23.6 Å². The summed E-state index contributed by atoms with van der Waals surface area (Å²) in [6.45, 7) is 0. The number of fused-ring (bicyclic) bond motifs is 1. The smallest absolute Gasteiger partial charge is 0.276 e. The lowest BCUT2D eigenvalue weighted by molar-refractivity contribution is -0.385. The average Bonchev–Trinajstić information content (AvgIpc) is 2.89. The lowest BCUT2D eigenvalue weighted by Gasteiger charge is -2.09. The molecule has 0 aliphatic heterocycles. The number of halogens is 2. The molecular weight excluding hydrogens is 482 g/mol. The Labute approximate surface area is 210 Å². The lowest BCUT2D eigenvalue weighted by Crippen LogP contribution is -1.92. The van der Waals surface area contributed by atoms with Crippen molar-refractivity contribution < 1.29 is 28.4 Å². The molecule has 0 aliphatic rings. The Hall–Kier alpha value is -5.02. The molecule has 5 rings (SSSR count). The van der Waals surface area contributed by atoms with Crippen molar-refractivity contribution in [3.63, 3.8) is 0 Å². The van der Waals surface area contributed by atoms with Crippen LogP contribution in [0.4, 0.5) is 20.2 Å². The molecule has 0 bridgehead atoms. The summed E-state index contributed by atoms with van der Waals surface area (Å²) in [6.07, 6.45) is 0. The van der Waals surface area contributed by atoms with Crippen LogP contribution in [-0.2, 0) is 0 Å². The van der Waals surface area contributed by atoms with E-state index in [4.69, 9.17) is 14.7 Å². The highest BCUT2D eigenvalue weighted by atomic mass is 19.1. The molecular formula is C28H20F2N2O5. The van der Waals surface area contributed by atoms with Gasteiger partial charge in [-0.25, -0.2) is 8.78 Å². The lowest BCUT2D eigenvalue weighted by atomic mass is 10.1. The Morgan fingerprint density at radius 3 is 2.08 bits per heavy atom. The monoisotopic (exact) mass is 502 g/mol. The van der Waals surface area contributed by atoms with E-state index in [1.165, 1.54) is 18.2 Å². The molecule has 0 aromatic heterocycles. The quantitative estimate of drug-likeness (QED) is 0.180. The van der Waals surface area contributed by atoms with Crippen LogP contribution in [0.5, 0.6) is 23.0 Å². The molecule has 0 atom stereocenters. The largest absolute Gasteiger partial charge is 0.457 e. The Morgan fingerprint density at radius 1 is 0.703 bits per heavy atom. The van der Waals surface area contributed by atoms with Crippen LogP contribution in [0, 0.1) is 21.7 Å². The fraction of sp³-hybridized carbons (Fsp3) is 0. The minimum Gasteiger partial charge on any atom is -0.457 e. The maximum Gasteiger partial charge on any atom is 0.276 e. The molecule has 37 heavy (non-hydrogen) atoms. The summed E-state index contributed by atoms with van der Waals surface area (Å²) in [5.74, 6) is 0.357. The average molecular weight is 502 g/mol. The number of hydrogen-bond acceptors (Lipinski definition) is 6. The Morgan fingerprint density at radius 2 is 1.35 bits per heavy atom. The van der Waals surface area contributed by atoms with Crippen LogP contribution in [0.1, 0.15) is 0 Å². The minimum absolute atomic E-state index is 0.0954. The summed E-state index contributed by atoms with van der Waals surface area (Å²) in [5.41, 5.74) is 1.77. The van der Waals surface area contributed by atoms with E-state index in [1.807, 2.05) is 60.1 Å². The summed E-state index contributed by atoms with van der Waals surface area (Å²) in [4.78, 5) is 10.1. The number of para-hydroxylation sites is 1. The van der Waals surface area contributed by atoms with Crippen molar-refractivity contribution in [2.75, 3.05) is 5.48 Å². The van der Waals surface area contributed by atoms with Gasteiger partial charge in [-0.2, -0.15) is 0 Å². The SMILES string of the molecule is O=[N+]([O-])c1cc(F)cc(Oc2cccc3ccccc23)c1.ONc1cc(F)cc(Oc2ccccc2)c1. The van der Waals surface area contributed by atoms with Crippen molar-refractivity contribution in [2.45, 2.75) is 0 Å². The Balaban J connectivity index is 0.000000180. The number of anilines is 1. The van der Waals surface area contributed by atoms with E-state index < -0.39 is 16.6 Å². The number of nitro groups is 1. The molecule has 2 N–H and O–H groups in total. The zero-order valence-corrected chi connectivity index (χ0v) is 19.2. The standard InChI is InChI=1S/C16H10FNO3.C12H10FNO2/c17-12-8-13(18(19)20)10-14(9-12)21-16-7-3-5-11-4-1-2-6-15(11)16;13-9-6-10(14-15)8-12(7-9)16-11-4-2-1-3-5-11/h1-10H;1-8,14-15H. The van der Waals surface area contributed by atoms with Gasteiger partial charge in [-0.05, 0) is 29.7 Å². The van der Waals surface area contributed by atoms with Crippen molar-refractivity contribution in [1.82, 2.24) is 0 Å². The number of ether oxygens (including phenoxy) is 2. The van der Waals surface area contributed by atoms with E-state index in [1.54, 1.807) is 18.2 Å². The Bertz CT molecular complexity index is 1530. The number of rotatable bonds is 6. The van der Waals surface area contributed by atoms with E-state index in [0.717, 1.165) is 29.0 Å². The van der Waals surface area contributed by atoms with E-state index in [9.17, 15) is 18.9 Å². The number of hydrogen-bond donors (Lipinski definition) is 2. The van der Waals surface area contributed by atoms with Crippen molar-refractivity contribution in [1.29, 1.82) is 0 Å². The van der Waals surface area contributed by atoms with Gasteiger partial charge in [0.25, 0.3) is 5.69 Å². The summed E-state index contributed by atoms with van der Waals surface area (Å²) in [6, 6.07) is 29.1. The van der Waals surface area contributed by atoms with E-state index >= 15 is 0 Å². The fourth-order valence-corrected chi connectivity index (χ4v) is 3.43. The molecule has 186 valence electrons. The molecule has 5 aromatic carbocycles. The van der Waals surface area contributed by atoms with E-state index in [-0.39, 0.29) is 17.1 Å². The van der Waals surface area contributed by atoms with Crippen LogP contribution < -0.4 is 15.0 Å². The number of nitrogens with one attached hydrogen (secondary N) is 1. The van der Waals surface area contributed by atoms with E-state index in [2.05, 4.69) is 0 Å². The zero-order chi connectivity index (χ0) is 26.2. The van der Waals surface area contributed by atoms with Gasteiger partial charge >= 0.3 is 0 Å². The summed E-state index contributed by atoms with van der Waals surface area (Å²) >= 11 is 0. The second-order valence-electron chi connectivity index (χ2n) is 7.68. The maximum absolute atomic E-state index is 13.4. The van der Waals surface area contributed by atoms with Gasteiger partial charge in [0.1, 0.15) is 34.6 Å². The minimum atomic E-state index is -0.709. The molecule has 5 aromatic rings. The van der Waals surface area contributed by atoms with Gasteiger partial charge in [0.05, 0.1) is 22.7 Å². The molecule has 0 saturated heterocycles. The van der Waals surface area contributed by atoms with E-state index in [0.29, 0.717) is 17.2 Å². The molecule has 0 unspecified atom stereocenters. The van der Waals surface area contributed by atoms with Crippen molar-refractivity contribution in [3.8, 4) is 23.0 Å². The number of non-ortho nitro benzene ring substituents is 1. The molecule has 7 nitrogen and oxygen atoms in total. The summed E-state index contributed by atoms with van der Waals surface area (Å²) < 4.78 is 37.5. The molecule has 0 amide bonds. The number of benzene rings is 5. The number of nitrogens with zero attached hydrogens (tertiary/aromatic N) is 1. The molecule has 9 heteroatoms. The first-order valence-electron chi connectivity index (χ1n) is 11.0. The molecule has 0 saturated carbocycles.